The standard InChI is InChI=1S/C12H16N2O/c1-4-8-14(3)10-6-7-11(13-9-10)12(15)5-2/h1,6-7,9,12,15H,5,8H2,2-3H3. The van der Waals surface area contributed by atoms with Crippen LogP contribution in [-0.4, -0.2) is 23.7 Å². The molecule has 1 aromatic rings. The zero-order chi connectivity index (χ0) is 11.3. The van der Waals surface area contributed by atoms with Gasteiger partial charge in [-0.2, -0.15) is 0 Å². The van der Waals surface area contributed by atoms with Crippen LogP contribution in [0.1, 0.15) is 25.1 Å². The molecule has 0 saturated carbocycles. The van der Waals surface area contributed by atoms with Gasteiger partial charge >= 0.3 is 0 Å². The van der Waals surface area contributed by atoms with Crippen LogP contribution in [0.5, 0.6) is 0 Å². The van der Waals surface area contributed by atoms with Crippen molar-refractivity contribution in [1.82, 2.24) is 4.98 Å². The monoisotopic (exact) mass is 204 g/mol. The molecule has 0 fully saturated rings. The van der Waals surface area contributed by atoms with E-state index in [9.17, 15) is 5.11 Å². The molecule has 0 aliphatic carbocycles. The number of pyridine rings is 1. The van der Waals surface area contributed by atoms with Crippen molar-refractivity contribution in [1.29, 1.82) is 0 Å². The summed E-state index contributed by atoms with van der Waals surface area (Å²) in [6.07, 6.45) is 7.14. The van der Waals surface area contributed by atoms with Gasteiger partial charge in [0.25, 0.3) is 0 Å². The number of anilines is 1. The van der Waals surface area contributed by atoms with E-state index in [2.05, 4.69) is 10.9 Å². The van der Waals surface area contributed by atoms with Gasteiger partial charge in [-0.15, -0.1) is 6.42 Å². The zero-order valence-electron chi connectivity index (χ0n) is 9.14. The highest BCUT2D eigenvalue weighted by Crippen LogP contribution is 2.17. The summed E-state index contributed by atoms with van der Waals surface area (Å²) in [5, 5.41) is 9.55. The topological polar surface area (TPSA) is 36.4 Å². The lowest BCUT2D eigenvalue weighted by atomic mass is 10.2. The van der Waals surface area contributed by atoms with Gasteiger partial charge < -0.3 is 10.0 Å². The molecule has 80 valence electrons. The van der Waals surface area contributed by atoms with Crippen molar-refractivity contribution in [3.05, 3.63) is 24.0 Å². The third-order valence-electron chi connectivity index (χ3n) is 2.27. The molecule has 3 heteroatoms. The summed E-state index contributed by atoms with van der Waals surface area (Å²) in [6, 6.07) is 3.75. The molecule has 0 aliphatic heterocycles. The molecule has 1 aromatic heterocycles. The number of terminal acetylenes is 1. The van der Waals surface area contributed by atoms with E-state index < -0.39 is 6.10 Å². The first kappa shape index (κ1) is 11.5. The van der Waals surface area contributed by atoms with Crippen molar-refractivity contribution in [3.63, 3.8) is 0 Å². The molecular formula is C12H16N2O. The van der Waals surface area contributed by atoms with Gasteiger partial charge in [0.15, 0.2) is 0 Å². The van der Waals surface area contributed by atoms with E-state index in [0.717, 1.165) is 5.69 Å². The Labute approximate surface area is 90.8 Å². The van der Waals surface area contributed by atoms with Crippen LogP contribution in [0, 0.1) is 12.3 Å². The maximum absolute atomic E-state index is 9.55. The number of aliphatic hydroxyl groups excluding tert-OH is 1. The summed E-state index contributed by atoms with van der Waals surface area (Å²) in [4.78, 5) is 6.12. The second-order valence-corrected chi connectivity index (χ2v) is 3.43. The van der Waals surface area contributed by atoms with Crippen molar-refractivity contribution in [3.8, 4) is 12.3 Å². The van der Waals surface area contributed by atoms with Crippen LogP contribution < -0.4 is 4.90 Å². The molecule has 0 radical (unpaired) electrons. The Kier molecular flexibility index (Phi) is 4.14. The summed E-state index contributed by atoms with van der Waals surface area (Å²) in [6.45, 7) is 2.47. The first-order valence-corrected chi connectivity index (χ1v) is 4.97. The zero-order valence-corrected chi connectivity index (χ0v) is 9.14. The van der Waals surface area contributed by atoms with Gasteiger partial charge in [-0.25, -0.2) is 0 Å². The fraction of sp³-hybridized carbons (Fsp3) is 0.417. The van der Waals surface area contributed by atoms with E-state index in [1.165, 1.54) is 0 Å². The predicted molar refractivity (Wildman–Crippen MR) is 61.6 cm³/mol. The molecular weight excluding hydrogens is 188 g/mol. The van der Waals surface area contributed by atoms with Gasteiger partial charge in [0, 0.05) is 7.05 Å². The van der Waals surface area contributed by atoms with E-state index >= 15 is 0 Å². The highest BCUT2D eigenvalue weighted by atomic mass is 16.3. The van der Waals surface area contributed by atoms with Crippen LogP contribution in [0.3, 0.4) is 0 Å². The third kappa shape index (κ3) is 2.97. The molecule has 1 N–H and O–H groups in total. The number of aromatic nitrogens is 1. The maximum Gasteiger partial charge on any atom is 0.0957 e. The Morgan fingerprint density at radius 1 is 1.60 bits per heavy atom. The second-order valence-electron chi connectivity index (χ2n) is 3.43. The van der Waals surface area contributed by atoms with Crippen molar-refractivity contribution in [2.24, 2.45) is 0 Å². The third-order valence-corrected chi connectivity index (χ3v) is 2.27. The first-order valence-electron chi connectivity index (χ1n) is 4.97. The van der Waals surface area contributed by atoms with Gasteiger partial charge in [0.2, 0.25) is 0 Å². The summed E-state index contributed by atoms with van der Waals surface area (Å²) < 4.78 is 0. The highest BCUT2D eigenvalue weighted by Gasteiger charge is 2.06. The Morgan fingerprint density at radius 2 is 2.33 bits per heavy atom. The molecule has 1 atom stereocenters. The van der Waals surface area contributed by atoms with E-state index in [1.54, 1.807) is 6.20 Å². The van der Waals surface area contributed by atoms with Crippen LogP contribution in [0.2, 0.25) is 0 Å². The molecule has 0 aliphatic rings. The van der Waals surface area contributed by atoms with Gasteiger partial charge in [0.05, 0.1) is 30.2 Å². The molecule has 0 aromatic carbocycles. The smallest absolute Gasteiger partial charge is 0.0957 e. The van der Waals surface area contributed by atoms with Crippen LogP contribution in [0.4, 0.5) is 5.69 Å². The number of aliphatic hydroxyl groups is 1. The van der Waals surface area contributed by atoms with E-state index in [4.69, 9.17) is 6.42 Å². The SMILES string of the molecule is C#CCN(C)c1ccc(C(O)CC)nc1. The molecule has 0 saturated heterocycles. The Bertz CT molecular complexity index is 340. The van der Waals surface area contributed by atoms with Crippen LogP contribution >= 0.6 is 0 Å². The minimum Gasteiger partial charge on any atom is -0.387 e. The van der Waals surface area contributed by atoms with Crippen molar-refractivity contribution >= 4 is 5.69 Å². The Hall–Kier alpha value is -1.53. The minimum atomic E-state index is -0.475. The molecule has 0 amide bonds. The summed E-state index contributed by atoms with van der Waals surface area (Å²) in [7, 11) is 1.91. The normalized spacial score (nSPS) is 11.9. The number of nitrogens with zero attached hydrogens (tertiary/aromatic N) is 2. The molecule has 3 nitrogen and oxygen atoms in total. The molecule has 15 heavy (non-hydrogen) atoms. The summed E-state index contributed by atoms with van der Waals surface area (Å²) in [5.41, 5.74) is 1.66. The summed E-state index contributed by atoms with van der Waals surface area (Å²) >= 11 is 0. The molecule has 0 bridgehead atoms. The van der Waals surface area contributed by atoms with Gasteiger partial charge in [0.1, 0.15) is 0 Å². The number of rotatable bonds is 4. The molecule has 1 heterocycles. The lowest BCUT2D eigenvalue weighted by Gasteiger charge is -2.16. The van der Waals surface area contributed by atoms with E-state index in [1.807, 2.05) is 31.0 Å². The van der Waals surface area contributed by atoms with Crippen LogP contribution in [-0.2, 0) is 0 Å². The quantitative estimate of drug-likeness (QED) is 0.757. The second kappa shape index (κ2) is 5.38. The molecule has 0 spiro atoms. The Morgan fingerprint density at radius 3 is 2.80 bits per heavy atom. The largest absolute Gasteiger partial charge is 0.387 e. The predicted octanol–water partition coefficient (Wildman–Crippen LogP) is 1.59. The van der Waals surface area contributed by atoms with Crippen molar-refractivity contribution in [2.75, 3.05) is 18.5 Å². The number of hydrogen-bond acceptors (Lipinski definition) is 3. The lowest BCUT2D eigenvalue weighted by molar-refractivity contribution is 0.169. The average Bonchev–Trinajstić information content (AvgIpc) is 2.28. The minimum absolute atomic E-state index is 0.475. The van der Waals surface area contributed by atoms with Gasteiger partial charge in [-0.05, 0) is 18.6 Å². The highest BCUT2D eigenvalue weighted by molar-refractivity contribution is 5.44. The van der Waals surface area contributed by atoms with Gasteiger partial charge in [-0.1, -0.05) is 12.8 Å². The van der Waals surface area contributed by atoms with Crippen LogP contribution in [0.25, 0.3) is 0 Å². The molecule has 1 unspecified atom stereocenters. The first-order chi connectivity index (χ1) is 7.19. The Balaban J connectivity index is 2.77. The number of hydrogen-bond donors (Lipinski definition) is 1. The van der Waals surface area contributed by atoms with Crippen molar-refractivity contribution in [2.45, 2.75) is 19.4 Å². The van der Waals surface area contributed by atoms with Crippen molar-refractivity contribution < 1.29 is 5.11 Å². The maximum atomic E-state index is 9.55. The van der Waals surface area contributed by atoms with Crippen LogP contribution in [0.15, 0.2) is 18.3 Å². The van der Waals surface area contributed by atoms with E-state index in [-0.39, 0.29) is 0 Å². The van der Waals surface area contributed by atoms with Gasteiger partial charge in [-0.3, -0.25) is 4.98 Å². The average molecular weight is 204 g/mol. The fourth-order valence-corrected chi connectivity index (χ4v) is 1.26. The fourth-order valence-electron chi connectivity index (χ4n) is 1.26. The summed E-state index contributed by atoms with van der Waals surface area (Å²) in [5.74, 6) is 2.56. The van der Waals surface area contributed by atoms with E-state index in [0.29, 0.717) is 18.7 Å². The lowest BCUT2D eigenvalue weighted by Crippen LogP contribution is -2.17. The molecule has 1 rings (SSSR count).